The normalized spacial score (nSPS) is 19.8. The summed E-state index contributed by atoms with van der Waals surface area (Å²) in [6, 6.07) is 12.3. The fraction of sp³-hybridized carbons (Fsp3) is 0.395. The van der Waals surface area contributed by atoms with Gasteiger partial charge in [-0.05, 0) is 98.5 Å². The number of benzene rings is 2. The Hall–Kier alpha value is -4.37. The first-order valence-electron chi connectivity index (χ1n) is 17.6. The maximum absolute atomic E-state index is 13.9. The molecule has 2 bridgehead atoms. The summed E-state index contributed by atoms with van der Waals surface area (Å²) in [5.41, 5.74) is 1.59. The van der Waals surface area contributed by atoms with Crippen LogP contribution < -0.4 is 19.1 Å². The van der Waals surface area contributed by atoms with Crippen LogP contribution in [0.4, 0.5) is 19.3 Å². The van der Waals surface area contributed by atoms with Crippen molar-refractivity contribution in [2.24, 2.45) is 11.8 Å². The van der Waals surface area contributed by atoms with Crippen molar-refractivity contribution in [2.75, 3.05) is 31.1 Å². The molecule has 3 saturated heterocycles. The van der Waals surface area contributed by atoms with Crippen molar-refractivity contribution in [1.82, 2.24) is 4.90 Å². The number of aromatic carboxylic acids is 1. The number of alkyl halides is 2. The Bertz CT molecular complexity index is 2000. The number of piperidine rings is 3. The lowest BCUT2D eigenvalue weighted by Gasteiger charge is -2.44. The van der Waals surface area contributed by atoms with Crippen molar-refractivity contribution in [3.8, 4) is 17.2 Å². The monoisotopic (exact) mass is 804 g/mol. The summed E-state index contributed by atoms with van der Waals surface area (Å²) in [5.74, 6) is -1.65. The number of carboxylic acids is 1. The minimum atomic E-state index is -3.10. The van der Waals surface area contributed by atoms with E-state index in [1.165, 1.54) is 35.5 Å². The molecule has 0 unspecified atom stereocenters. The second-order valence-corrected chi connectivity index (χ2v) is 15.8. The number of halogens is 4. The molecule has 5 heterocycles. The number of aromatic hydroxyl groups is 1. The molecule has 1 aliphatic carbocycles. The van der Waals surface area contributed by atoms with Crippen LogP contribution in [0.25, 0.3) is 0 Å². The largest absolute Gasteiger partial charge is 0.508 e. The molecule has 286 valence electrons. The smallest absolute Gasteiger partial charge is 0.414 e. The van der Waals surface area contributed by atoms with E-state index < -0.39 is 24.6 Å². The third-order valence-electron chi connectivity index (χ3n) is 10.1. The molecule has 1 amide bonds. The number of carbonyl (C=O) groups is 2. The molecule has 4 aliphatic rings. The van der Waals surface area contributed by atoms with Gasteiger partial charge in [0.1, 0.15) is 26.8 Å². The number of carbonyl (C=O) groups excluding carboxylic acids is 1. The molecule has 3 aliphatic heterocycles. The lowest BCUT2D eigenvalue weighted by atomic mass is 9.85. The molecule has 2 atom stereocenters. The van der Waals surface area contributed by atoms with Gasteiger partial charge in [-0.3, -0.25) is 15.0 Å². The Morgan fingerprint density at radius 3 is 2.39 bits per heavy atom. The number of ether oxygens (including phenoxy) is 3. The van der Waals surface area contributed by atoms with Crippen LogP contribution in [0.2, 0.25) is 10.0 Å². The van der Waals surface area contributed by atoms with Crippen LogP contribution in [0.15, 0.2) is 60.9 Å². The van der Waals surface area contributed by atoms with Crippen LogP contribution in [0.3, 0.4) is 0 Å². The Morgan fingerprint density at radius 1 is 1.02 bits per heavy atom. The third-order valence-corrected chi connectivity index (χ3v) is 11.9. The molecule has 2 aromatic carbocycles. The quantitative estimate of drug-likeness (QED) is 0.0858. The van der Waals surface area contributed by atoms with Crippen molar-refractivity contribution in [1.29, 1.82) is 0 Å². The van der Waals surface area contributed by atoms with Gasteiger partial charge in [0.25, 0.3) is 0 Å². The first-order valence-corrected chi connectivity index (χ1v) is 19.1. The molecule has 8 rings (SSSR count). The van der Waals surface area contributed by atoms with E-state index in [0.29, 0.717) is 51.1 Å². The van der Waals surface area contributed by atoms with Gasteiger partial charge in [0.05, 0.1) is 18.8 Å². The van der Waals surface area contributed by atoms with E-state index in [9.17, 15) is 33.8 Å². The molecule has 1 saturated carbocycles. The number of hydrogen-bond acceptors (Lipinski definition) is 9. The van der Waals surface area contributed by atoms with Gasteiger partial charge >= 0.3 is 18.7 Å². The van der Waals surface area contributed by atoms with Gasteiger partial charge in [-0.15, -0.1) is 11.3 Å². The average Bonchev–Trinajstić information content (AvgIpc) is 3.87. The van der Waals surface area contributed by atoms with Crippen LogP contribution in [-0.4, -0.2) is 71.3 Å². The molecule has 3 N–H and O–H groups in total. The van der Waals surface area contributed by atoms with E-state index in [-0.39, 0.29) is 57.2 Å². The Morgan fingerprint density at radius 2 is 1.76 bits per heavy atom. The highest BCUT2D eigenvalue weighted by molar-refractivity contribution is 7.14. The van der Waals surface area contributed by atoms with Gasteiger partial charge in [-0.25, -0.2) is 9.59 Å². The number of rotatable bonds is 14. The first-order chi connectivity index (χ1) is 25.9. The van der Waals surface area contributed by atoms with Gasteiger partial charge in [-0.2, -0.15) is 8.78 Å². The lowest BCUT2D eigenvalue weighted by Crippen LogP contribution is -2.53. The fourth-order valence-electron chi connectivity index (χ4n) is 7.16. The molecular formula is C38H38Cl2F2N3O8S+. The second kappa shape index (κ2) is 16.2. The number of fused-ring (bicyclic) bond motifs is 3. The summed E-state index contributed by atoms with van der Waals surface area (Å²) in [4.78, 5) is 31.0. The predicted molar refractivity (Wildman–Crippen MR) is 196 cm³/mol. The lowest BCUT2D eigenvalue weighted by molar-refractivity contribution is -0.904. The van der Waals surface area contributed by atoms with E-state index in [2.05, 4.69) is 4.90 Å². The average molecular weight is 806 g/mol. The van der Waals surface area contributed by atoms with Gasteiger partial charge in [0, 0.05) is 33.7 Å². The first kappa shape index (κ1) is 37.9. The van der Waals surface area contributed by atoms with Gasteiger partial charge in [0.15, 0.2) is 11.5 Å². The van der Waals surface area contributed by atoms with Crippen LogP contribution in [0.1, 0.15) is 62.8 Å². The second-order valence-electron chi connectivity index (χ2n) is 13.9. The van der Waals surface area contributed by atoms with Crippen molar-refractivity contribution in [3.63, 3.8) is 0 Å². The maximum Gasteiger partial charge on any atom is 0.414 e. The molecule has 0 radical (unpaired) electrons. The highest BCUT2D eigenvalue weighted by atomic mass is 35.5. The minimum Gasteiger partial charge on any atom is -0.508 e. The minimum absolute atomic E-state index is 0.0317. The summed E-state index contributed by atoms with van der Waals surface area (Å²) < 4.78 is 44.4. The number of aromatic nitrogens is 1. The maximum atomic E-state index is 13.9. The zero-order valence-electron chi connectivity index (χ0n) is 28.9. The summed E-state index contributed by atoms with van der Waals surface area (Å²) in [7, 11) is 0. The molecule has 54 heavy (non-hydrogen) atoms. The van der Waals surface area contributed by atoms with Crippen LogP contribution >= 0.6 is 34.5 Å². The van der Waals surface area contributed by atoms with Gasteiger partial charge < -0.3 is 24.4 Å². The van der Waals surface area contributed by atoms with Crippen molar-refractivity contribution in [3.05, 3.63) is 97.4 Å². The standard InChI is InChI=1S/C38H37Cl2F2N3O8S/c39-30-17-44(50)18-31(40)29(30)15-27(23-6-7-32(52-37(41)42)33(12-23)51-20-21-4-5-21)28-14-26(54-35(28)36(47)48)16-45(24-2-1-3-25(46)13-24)38(49)53-34-19-43-10-8-22(34)9-11-43/h1-3,6-7,12-14,17-18,21-22,27,34,37H,4-5,8-11,15-16,19-20H2,(H2-,46,47,48,50)/p+1/t27-,34-/m0/s1. The Kier molecular flexibility index (Phi) is 11.3. The van der Waals surface area contributed by atoms with Crippen LogP contribution in [0.5, 0.6) is 17.2 Å². The number of anilines is 1. The molecule has 2 aromatic heterocycles. The molecule has 4 fully saturated rings. The predicted octanol–water partition coefficient (Wildman–Crippen LogP) is 7.99. The summed E-state index contributed by atoms with van der Waals surface area (Å²) in [6.45, 7) is -0.345. The Balaban J connectivity index is 1.28. The molecule has 0 spiro atoms. The number of phenols is 1. The molecule has 11 nitrogen and oxygen atoms in total. The number of phenolic OH excluding ortho intramolecular Hbond substituents is 1. The topological polar surface area (TPSA) is 133 Å². The highest BCUT2D eigenvalue weighted by Gasteiger charge is 2.38. The fourth-order valence-corrected chi connectivity index (χ4v) is 8.82. The van der Waals surface area contributed by atoms with Crippen LogP contribution in [-0.2, 0) is 17.7 Å². The van der Waals surface area contributed by atoms with Crippen molar-refractivity contribution >= 4 is 52.3 Å². The summed E-state index contributed by atoms with van der Waals surface area (Å²) in [5, 5.41) is 31.2. The Labute approximate surface area is 323 Å². The zero-order chi connectivity index (χ0) is 38.1. The summed E-state index contributed by atoms with van der Waals surface area (Å²) in [6.07, 6.45) is 5.35. The third kappa shape index (κ3) is 8.78. The number of amides is 1. The van der Waals surface area contributed by atoms with Crippen molar-refractivity contribution < 1.29 is 52.7 Å². The highest BCUT2D eigenvalue weighted by Crippen LogP contribution is 2.43. The number of pyridine rings is 1. The summed E-state index contributed by atoms with van der Waals surface area (Å²) >= 11 is 14.1. The number of thiophene rings is 1. The van der Waals surface area contributed by atoms with E-state index >= 15 is 0 Å². The van der Waals surface area contributed by atoms with E-state index in [1.807, 2.05) is 0 Å². The van der Waals surface area contributed by atoms with Gasteiger partial charge in [0.2, 0.25) is 12.4 Å². The van der Waals surface area contributed by atoms with E-state index in [0.717, 1.165) is 50.1 Å². The zero-order valence-corrected chi connectivity index (χ0v) is 31.2. The van der Waals surface area contributed by atoms with E-state index in [4.69, 9.17) is 37.4 Å². The van der Waals surface area contributed by atoms with Gasteiger partial charge in [-0.1, -0.05) is 35.3 Å². The number of nitrogens with zero attached hydrogens (tertiary/aromatic N) is 3. The van der Waals surface area contributed by atoms with Crippen LogP contribution in [0, 0.1) is 11.8 Å². The van der Waals surface area contributed by atoms with E-state index in [1.54, 1.807) is 30.3 Å². The van der Waals surface area contributed by atoms with Crippen molar-refractivity contribution in [2.45, 2.75) is 57.3 Å². The molecule has 16 heteroatoms. The number of carboxylic acid groups (broad SMARTS) is 1. The number of hydrogen-bond donors (Lipinski definition) is 3. The molecular weight excluding hydrogens is 767 g/mol. The molecule has 4 aromatic rings. The SMILES string of the molecule is O=C(O)c1sc(CN(C(=O)O[C@H]2CN3CCC2CC3)c2cccc(O)c2)cc1[C@@H](Cc1c(Cl)c[n+](O)cc1Cl)c1ccc(OC(F)F)c(OCC2CC2)c1.